The van der Waals surface area contributed by atoms with Crippen molar-refractivity contribution in [2.45, 2.75) is 7.43 Å². The van der Waals surface area contributed by atoms with Crippen LogP contribution in [0.25, 0.3) is 122 Å². The van der Waals surface area contributed by atoms with Crippen molar-refractivity contribution in [3.63, 3.8) is 0 Å². The Bertz CT molecular complexity index is 4460. The highest BCUT2D eigenvalue weighted by Gasteiger charge is 2.32. The minimum Gasteiger partial charge on any atom is -0.317 e. The third-order valence-electron chi connectivity index (χ3n) is 12.0. The van der Waals surface area contributed by atoms with E-state index in [2.05, 4.69) is 23.0 Å². The fraction of sp³-hybridized carbons (Fsp3) is 0.0175. The summed E-state index contributed by atoms with van der Waals surface area (Å²) in [6, 6.07) is 35.0. The van der Waals surface area contributed by atoms with Gasteiger partial charge >= 0.3 is 0 Å². The molecule has 13 aromatic rings. The van der Waals surface area contributed by atoms with Crippen LogP contribution in [0.5, 0.6) is 0 Å². The summed E-state index contributed by atoms with van der Waals surface area (Å²) >= 11 is 3.05. The number of benzene rings is 9. The average molecular weight is 849 g/mol. The molecular formula is C57H34N4S2. The molecule has 63 heavy (non-hydrogen) atoms. The van der Waals surface area contributed by atoms with Gasteiger partial charge in [0.2, 0.25) is 5.69 Å². The number of aromatic nitrogens is 2. The predicted octanol–water partition coefficient (Wildman–Crippen LogP) is 17.0. The van der Waals surface area contributed by atoms with Gasteiger partial charge in [0, 0.05) is 63.6 Å². The largest absolute Gasteiger partial charge is 0.317 e. The number of thiophene rings is 2. The van der Waals surface area contributed by atoms with Crippen molar-refractivity contribution in [2.75, 3.05) is 0 Å². The van der Waals surface area contributed by atoms with Crippen LogP contribution in [-0.2, 0) is 0 Å². The molecule has 0 aliphatic heterocycles. The number of hydrogen-bond acceptors (Lipinski definition) is 3. The number of nitrogens with zero attached hydrogens (tertiary/aromatic N) is 4. The molecule has 13 rings (SSSR count). The Hall–Kier alpha value is -8.00. The summed E-state index contributed by atoms with van der Waals surface area (Å²) in [5, 5.41) is 18.9. The fourth-order valence-electron chi connectivity index (χ4n) is 9.53. The molecule has 0 unspecified atom stereocenters. The Labute approximate surface area is 384 Å². The molecule has 294 valence electrons. The lowest BCUT2D eigenvalue weighted by molar-refractivity contribution is 1.14. The van der Waals surface area contributed by atoms with Gasteiger partial charge in [0.1, 0.15) is 6.07 Å². The molecule has 0 N–H and O–H groups in total. The standard InChI is InChI=1S/C56H30N4S2.CH4/c1-58-50-48(33-16-4-2-5-17-33)43(32-57)51(59-44-24-12-8-20-35(44)39-28-30-41-37-22-10-14-26-46(37)61-55(41)52(39)59)49(34-18-6-3-7-19-34)54(50)60-45-25-13-9-21-36(45)40-29-31-42-38-23-11-15-27-47(38)62-56(42)53(40)60;/h2-31H;1H4/i2D,3D,4D,5D,6D,7D,16D,17D,18D,19D;. The van der Waals surface area contributed by atoms with E-state index in [-0.39, 0.29) is 46.7 Å². The van der Waals surface area contributed by atoms with E-state index in [4.69, 9.17) is 5.48 Å². The lowest BCUT2D eigenvalue weighted by Crippen LogP contribution is -2.08. The van der Waals surface area contributed by atoms with Crippen LogP contribution in [0.3, 0.4) is 0 Å². The van der Waals surface area contributed by atoms with Gasteiger partial charge in [-0.15, -0.1) is 22.7 Å². The van der Waals surface area contributed by atoms with Gasteiger partial charge in [-0.05, 0) is 35.4 Å². The minimum atomic E-state index is -0.684. The molecule has 4 nitrogen and oxygen atoms in total. The van der Waals surface area contributed by atoms with Crippen LogP contribution in [0.4, 0.5) is 5.69 Å². The molecule has 4 aromatic heterocycles. The first kappa shape index (κ1) is 27.8. The van der Waals surface area contributed by atoms with Gasteiger partial charge in [-0.3, -0.25) is 0 Å². The average Bonchev–Trinajstić information content (AvgIpc) is 4.16. The summed E-state index contributed by atoms with van der Waals surface area (Å²) in [5.41, 5.74) is 0.661. The molecule has 0 amide bonds. The minimum absolute atomic E-state index is 0. The number of para-hydroxylation sites is 2. The van der Waals surface area contributed by atoms with Crippen LogP contribution in [0.15, 0.2) is 182 Å². The summed E-state index contributed by atoms with van der Waals surface area (Å²) in [4.78, 5) is 4.23. The molecular weight excluding hydrogens is 805 g/mol. The van der Waals surface area contributed by atoms with Gasteiger partial charge in [-0.25, -0.2) is 4.85 Å². The maximum atomic E-state index is 12.1. The van der Waals surface area contributed by atoms with Crippen molar-refractivity contribution in [3.8, 4) is 39.7 Å². The van der Waals surface area contributed by atoms with E-state index in [0.29, 0.717) is 22.1 Å². The fourth-order valence-corrected chi connectivity index (χ4v) is 12.0. The number of rotatable bonds is 4. The zero-order valence-electron chi connectivity index (χ0n) is 42.2. The third kappa shape index (κ3) is 5.05. The topological polar surface area (TPSA) is 38.0 Å². The van der Waals surface area contributed by atoms with Crippen LogP contribution in [0.1, 0.15) is 26.7 Å². The lowest BCUT2D eigenvalue weighted by Gasteiger charge is -2.26. The highest BCUT2D eigenvalue weighted by molar-refractivity contribution is 7.27. The SMILES string of the molecule is C.[2H]c1c([2H])c([2H])c(-c2c(C#N)c(-n3c4ccccc4c4ccc5c6ccccc6sc5c43)c(-c3c([2H])c([2H])c([2H])c([2H])c3[2H])c(-n3c4ccccc4c4ccc5c6ccccc6sc5c43)c2[N+]#[C-])c([2H])c1[2H]. The Kier molecular flexibility index (Phi) is 6.18. The van der Waals surface area contributed by atoms with Gasteiger partial charge in [0.05, 0.1) is 68.7 Å². The van der Waals surface area contributed by atoms with Gasteiger partial charge in [0.25, 0.3) is 0 Å². The van der Waals surface area contributed by atoms with E-state index in [1.165, 1.54) is 22.7 Å². The van der Waals surface area contributed by atoms with Crippen molar-refractivity contribution < 1.29 is 13.7 Å². The molecule has 6 heteroatoms. The number of hydrogen-bond donors (Lipinski definition) is 0. The van der Waals surface area contributed by atoms with E-state index in [0.717, 1.165) is 61.9 Å². The van der Waals surface area contributed by atoms with Crippen molar-refractivity contribution in [1.82, 2.24) is 9.13 Å². The van der Waals surface area contributed by atoms with Crippen molar-refractivity contribution >= 4 is 112 Å². The van der Waals surface area contributed by atoms with Crippen molar-refractivity contribution in [2.24, 2.45) is 0 Å². The highest BCUT2D eigenvalue weighted by atomic mass is 32.1. The van der Waals surface area contributed by atoms with Crippen molar-refractivity contribution in [3.05, 3.63) is 199 Å². The molecule has 0 saturated carbocycles. The quantitative estimate of drug-likeness (QED) is 0.163. The second kappa shape index (κ2) is 14.0. The monoisotopic (exact) mass is 848 g/mol. The van der Waals surface area contributed by atoms with Gasteiger partial charge in [0.15, 0.2) is 0 Å². The van der Waals surface area contributed by atoms with E-state index >= 15 is 0 Å². The first-order chi connectivity index (χ1) is 34.9. The van der Waals surface area contributed by atoms with E-state index in [9.17, 15) is 20.1 Å². The maximum absolute atomic E-state index is 12.1. The summed E-state index contributed by atoms with van der Waals surface area (Å²) in [6.07, 6.45) is 0. The molecule has 0 spiro atoms. The number of nitriles is 1. The highest BCUT2D eigenvalue weighted by Crippen LogP contribution is 2.54. The van der Waals surface area contributed by atoms with Crippen LogP contribution >= 0.6 is 22.7 Å². The Morgan fingerprint density at radius 3 is 1.41 bits per heavy atom. The Balaban J connectivity index is 0.00000543. The normalized spacial score (nSPS) is 13.9. The van der Waals surface area contributed by atoms with Gasteiger partial charge < -0.3 is 9.13 Å². The van der Waals surface area contributed by atoms with Crippen molar-refractivity contribution in [1.29, 1.82) is 5.26 Å². The summed E-state index contributed by atoms with van der Waals surface area (Å²) in [7, 11) is 0. The molecule has 9 aromatic carbocycles. The van der Waals surface area contributed by atoms with Crippen LogP contribution in [0, 0.1) is 17.9 Å². The summed E-state index contributed by atoms with van der Waals surface area (Å²) in [6.45, 7) is 9.32. The number of fused-ring (bicyclic) bond motifs is 14. The second-order valence-corrected chi connectivity index (χ2v) is 17.1. The first-order valence-electron chi connectivity index (χ1n) is 24.7. The second-order valence-electron chi connectivity index (χ2n) is 15.0. The van der Waals surface area contributed by atoms with Crippen LogP contribution in [0.2, 0.25) is 0 Å². The van der Waals surface area contributed by atoms with Gasteiger partial charge in [-0.1, -0.05) is 165 Å². The van der Waals surface area contributed by atoms with E-state index in [1.54, 1.807) is 0 Å². The molecule has 0 saturated heterocycles. The summed E-state index contributed by atoms with van der Waals surface area (Å²) < 4.78 is 99.7. The maximum Gasteiger partial charge on any atom is 0.220 e. The Morgan fingerprint density at radius 1 is 0.492 bits per heavy atom. The first-order valence-corrected chi connectivity index (χ1v) is 21.3. The predicted molar refractivity (Wildman–Crippen MR) is 269 cm³/mol. The molecule has 0 aliphatic carbocycles. The van der Waals surface area contributed by atoms with Crippen LogP contribution < -0.4 is 0 Å². The van der Waals surface area contributed by atoms with Crippen LogP contribution in [-0.4, -0.2) is 9.13 Å². The summed E-state index contributed by atoms with van der Waals surface area (Å²) in [5.74, 6) is 0. The van der Waals surface area contributed by atoms with E-state index < -0.39 is 66.0 Å². The molecule has 0 aliphatic rings. The molecule has 0 bridgehead atoms. The smallest absolute Gasteiger partial charge is 0.220 e. The molecule has 0 atom stereocenters. The zero-order valence-corrected chi connectivity index (χ0v) is 33.8. The molecule has 0 fully saturated rings. The van der Waals surface area contributed by atoms with E-state index in [1.807, 2.05) is 118 Å². The zero-order chi connectivity index (χ0) is 49.8. The third-order valence-corrected chi connectivity index (χ3v) is 14.3. The lowest BCUT2D eigenvalue weighted by atomic mass is 9.88. The Morgan fingerprint density at radius 2 is 0.921 bits per heavy atom. The molecule has 4 heterocycles. The van der Waals surface area contributed by atoms with Gasteiger partial charge in [-0.2, -0.15) is 5.26 Å². The molecule has 0 radical (unpaired) electrons.